The lowest BCUT2D eigenvalue weighted by molar-refractivity contribution is 0.560. The second-order valence-corrected chi connectivity index (χ2v) is 6.06. The van der Waals surface area contributed by atoms with Crippen molar-refractivity contribution in [3.05, 3.63) is 49.6 Å². The number of hydrogen-bond donors (Lipinski definition) is 1. The Balaban J connectivity index is 2.12. The van der Waals surface area contributed by atoms with Gasteiger partial charge < -0.3 is 5.32 Å². The maximum Gasteiger partial charge on any atom is 0.142 e. The van der Waals surface area contributed by atoms with Crippen molar-refractivity contribution in [3.63, 3.8) is 0 Å². The molecule has 1 aromatic carbocycles. The summed E-state index contributed by atoms with van der Waals surface area (Å²) in [4.78, 5) is 4.35. The second-order valence-electron chi connectivity index (χ2n) is 4.22. The van der Waals surface area contributed by atoms with E-state index in [4.69, 9.17) is 23.2 Å². The summed E-state index contributed by atoms with van der Waals surface area (Å²) in [5, 5.41) is 6.79. The van der Waals surface area contributed by atoms with E-state index in [9.17, 15) is 4.39 Å². The van der Waals surface area contributed by atoms with Gasteiger partial charge in [-0.25, -0.2) is 9.37 Å². The Morgan fingerprint density at radius 2 is 2.16 bits per heavy atom. The van der Waals surface area contributed by atoms with Crippen LogP contribution in [0.25, 0.3) is 0 Å². The minimum Gasteiger partial charge on any atom is -0.304 e. The summed E-state index contributed by atoms with van der Waals surface area (Å²) in [6.45, 7) is 4.44. The first-order valence-electron chi connectivity index (χ1n) is 5.77. The van der Waals surface area contributed by atoms with Gasteiger partial charge in [0.05, 0.1) is 15.7 Å². The number of halogens is 3. The lowest BCUT2D eigenvalue weighted by Gasteiger charge is -2.17. The number of aryl methyl sites for hydroxylation is 1. The third-order valence-electron chi connectivity index (χ3n) is 2.77. The van der Waals surface area contributed by atoms with Crippen molar-refractivity contribution in [1.29, 1.82) is 0 Å². The molecule has 0 amide bonds. The first-order chi connectivity index (χ1) is 8.99. The zero-order valence-corrected chi connectivity index (χ0v) is 12.8. The van der Waals surface area contributed by atoms with Crippen LogP contribution >= 0.6 is 34.5 Å². The van der Waals surface area contributed by atoms with Crippen LogP contribution < -0.4 is 5.32 Å². The first kappa shape index (κ1) is 14.7. The molecule has 1 heterocycles. The smallest absolute Gasteiger partial charge is 0.142 e. The van der Waals surface area contributed by atoms with Crippen LogP contribution in [0, 0.1) is 12.7 Å². The fraction of sp³-hybridized carbons (Fsp3) is 0.308. The number of benzene rings is 1. The molecule has 1 unspecified atom stereocenters. The summed E-state index contributed by atoms with van der Waals surface area (Å²) in [5.74, 6) is -0.459. The van der Waals surface area contributed by atoms with E-state index in [0.29, 0.717) is 17.1 Å². The Labute approximate surface area is 125 Å². The van der Waals surface area contributed by atoms with Gasteiger partial charge in [-0.05, 0) is 26.0 Å². The van der Waals surface area contributed by atoms with Gasteiger partial charge in [0.25, 0.3) is 0 Å². The molecule has 1 atom stereocenters. The van der Waals surface area contributed by atoms with Gasteiger partial charge in [0, 0.05) is 28.6 Å². The minimum atomic E-state index is -0.459. The van der Waals surface area contributed by atoms with E-state index < -0.39 is 5.82 Å². The normalized spacial score (nSPS) is 12.7. The van der Waals surface area contributed by atoms with Gasteiger partial charge in [-0.2, -0.15) is 0 Å². The summed E-state index contributed by atoms with van der Waals surface area (Å²) in [5.41, 5.74) is 1.54. The SMILES string of the molecule is Cc1nc(CNC(C)c2c(Cl)ccc(F)c2Cl)cs1. The number of thiazole rings is 1. The van der Waals surface area contributed by atoms with Crippen LogP contribution in [0.4, 0.5) is 4.39 Å². The third kappa shape index (κ3) is 3.45. The van der Waals surface area contributed by atoms with E-state index in [1.807, 2.05) is 19.2 Å². The Morgan fingerprint density at radius 3 is 2.79 bits per heavy atom. The summed E-state index contributed by atoms with van der Waals surface area (Å²) in [6.07, 6.45) is 0. The molecular formula is C13H13Cl2FN2S. The predicted molar refractivity (Wildman–Crippen MR) is 78.5 cm³/mol. The summed E-state index contributed by atoms with van der Waals surface area (Å²) in [6, 6.07) is 2.63. The highest BCUT2D eigenvalue weighted by Gasteiger charge is 2.16. The van der Waals surface area contributed by atoms with Gasteiger partial charge in [-0.3, -0.25) is 0 Å². The van der Waals surface area contributed by atoms with Crippen LogP contribution in [0.3, 0.4) is 0 Å². The van der Waals surface area contributed by atoms with Gasteiger partial charge in [0.15, 0.2) is 0 Å². The molecule has 0 bridgehead atoms. The van der Waals surface area contributed by atoms with Gasteiger partial charge >= 0.3 is 0 Å². The van der Waals surface area contributed by atoms with Crippen molar-refractivity contribution in [2.75, 3.05) is 0 Å². The molecule has 0 saturated heterocycles. The third-order valence-corrected chi connectivity index (χ3v) is 4.30. The van der Waals surface area contributed by atoms with E-state index in [2.05, 4.69) is 10.3 Å². The molecule has 0 radical (unpaired) electrons. The number of nitrogens with one attached hydrogen (secondary N) is 1. The fourth-order valence-electron chi connectivity index (χ4n) is 1.79. The largest absolute Gasteiger partial charge is 0.304 e. The number of hydrogen-bond acceptors (Lipinski definition) is 3. The van der Waals surface area contributed by atoms with E-state index in [1.54, 1.807) is 11.3 Å². The Kier molecular flexibility index (Phi) is 4.79. The van der Waals surface area contributed by atoms with Crippen molar-refractivity contribution in [2.45, 2.75) is 26.4 Å². The van der Waals surface area contributed by atoms with Gasteiger partial charge in [0.2, 0.25) is 0 Å². The molecular weight excluding hydrogens is 306 g/mol. The summed E-state index contributed by atoms with van der Waals surface area (Å²) in [7, 11) is 0. The van der Waals surface area contributed by atoms with Crippen molar-refractivity contribution in [2.24, 2.45) is 0 Å². The van der Waals surface area contributed by atoms with Crippen molar-refractivity contribution in [1.82, 2.24) is 10.3 Å². The van der Waals surface area contributed by atoms with Gasteiger partial charge in [0.1, 0.15) is 5.82 Å². The van der Waals surface area contributed by atoms with Crippen molar-refractivity contribution in [3.8, 4) is 0 Å². The molecule has 0 aliphatic heterocycles. The Bertz CT molecular complexity index is 586. The highest BCUT2D eigenvalue weighted by molar-refractivity contribution is 7.09. The molecule has 0 saturated carbocycles. The van der Waals surface area contributed by atoms with Gasteiger partial charge in [-0.15, -0.1) is 11.3 Å². The van der Waals surface area contributed by atoms with E-state index in [0.717, 1.165) is 10.7 Å². The molecule has 1 aromatic heterocycles. The topological polar surface area (TPSA) is 24.9 Å². The van der Waals surface area contributed by atoms with Crippen LogP contribution in [-0.4, -0.2) is 4.98 Å². The zero-order valence-electron chi connectivity index (χ0n) is 10.5. The standard InChI is InChI=1S/C13H13Cl2FN2S/c1-7(17-5-9-6-19-8(2)18-9)12-10(14)3-4-11(16)13(12)15/h3-4,6-7,17H,5H2,1-2H3. The molecule has 19 heavy (non-hydrogen) atoms. The molecule has 0 aliphatic carbocycles. The number of rotatable bonds is 4. The van der Waals surface area contributed by atoms with E-state index in [1.165, 1.54) is 12.1 Å². The average Bonchev–Trinajstić information content (AvgIpc) is 2.78. The highest BCUT2D eigenvalue weighted by Crippen LogP contribution is 2.32. The molecule has 0 fully saturated rings. The maximum absolute atomic E-state index is 13.5. The molecule has 2 aromatic rings. The average molecular weight is 319 g/mol. The lowest BCUT2D eigenvalue weighted by atomic mass is 10.1. The molecule has 102 valence electrons. The molecule has 2 rings (SSSR count). The van der Waals surface area contributed by atoms with Crippen molar-refractivity contribution >= 4 is 34.5 Å². The number of nitrogens with zero attached hydrogens (tertiary/aromatic N) is 1. The van der Waals surface area contributed by atoms with Crippen molar-refractivity contribution < 1.29 is 4.39 Å². The number of aromatic nitrogens is 1. The molecule has 0 spiro atoms. The molecule has 6 heteroatoms. The van der Waals surface area contributed by atoms with Crippen LogP contribution in [0.15, 0.2) is 17.5 Å². The molecule has 1 N–H and O–H groups in total. The second kappa shape index (κ2) is 6.18. The van der Waals surface area contributed by atoms with Crippen LogP contribution in [0.5, 0.6) is 0 Å². The first-order valence-corrected chi connectivity index (χ1v) is 7.40. The lowest BCUT2D eigenvalue weighted by Crippen LogP contribution is -2.19. The fourth-order valence-corrected chi connectivity index (χ4v) is 3.10. The highest BCUT2D eigenvalue weighted by atomic mass is 35.5. The summed E-state index contributed by atoms with van der Waals surface area (Å²) >= 11 is 13.6. The van der Waals surface area contributed by atoms with Crippen LogP contribution in [0.1, 0.15) is 29.2 Å². The molecule has 0 aliphatic rings. The predicted octanol–water partition coefficient (Wildman–Crippen LogP) is 4.75. The van der Waals surface area contributed by atoms with E-state index in [-0.39, 0.29) is 11.1 Å². The quantitative estimate of drug-likeness (QED) is 0.823. The minimum absolute atomic E-state index is 0.0713. The van der Waals surface area contributed by atoms with Crippen LogP contribution in [-0.2, 0) is 6.54 Å². The summed E-state index contributed by atoms with van der Waals surface area (Å²) < 4.78 is 13.5. The van der Waals surface area contributed by atoms with Gasteiger partial charge in [-0.1, -0.05) is 23.2 Å². The zero-order chi connectivity index (χ0) is 14.0. The van der Waals surface area contributed by atoms with E-state index >= 15 is 0 Å². The Morgan fingerprint density at radius 1 is 1.42 bits per heavy atom. The maximum atomic E-state index is 13.5. The Hall–Kier alpha value is -0.680. The van der Waals surface area contributed by atoms with Crippen LogP contribution in [0.2, 0.25) is 10.0 Å². The monoisotopic (exact) mass is 318 g/mol. The molecule has 2 nitrogen and oxygen atoms in total.